The van der Waals surface area contributed by atoms with Gasteiger partial charge in [-0.05, 0) is 17.3 Å². The van der Waals surface area contributed by atoms with Crippen LogP contribution in [0.5, 0.6) is 0 Å². The van der Waals surface area contributed by atoms with Crippen molar-refractivity contribution in [3.8, 4) is 0 Å². The zero-order valence-corrected chi connectivity index (χ0v) is 13.6. The number of hydrogen-bond donors (Lipinski definition) is 1. The minimum absolute atomic E-state index is 0.0340. The molecule has 0 aromatic rings. The maximum absolute atomic E-state index is 12.0. The number of nitrogens with two attached hydrogens (primary N) is 1. The maximum Gasteiger partial charge on any atom is 0.333 e. The van der Waals surface area contributed by atoms with Crippen molar-refractivity contribution in [2.45, 2.75) is 59.8 Å². The van der Waals surface area contributed by atoms with Crippen LogP contribution in [0.25, 0.3) is 0 Å². The zero-order valence-electron chi connectivity index (χ0n) is 13.6. The van der Waals surface area contributed by atoms with Gasteiger partial charge in [-0.3, -0.25) is 14.4 Å². The van der Waals surface area contributed by atoms with E-state index in [1.807, 2.05) is 27.7 Å². The fourth-order valence-corrected chi connectivity index (χ4v) is 3.07. The smallest absolute Gasteiger partial charge is 0.333 e. The highest BCUT2D eigenvalue weighted by Crippen LogP contribution is 2.38. The summed E-state index contributed by atoms with van der Waals surface area (Å²) in [7, 11) is 0. The van der Waals surface area contributed by atoms with E-state index in [1.54, 1.807) is 0 Å². The zero-order chi connectivity index (χ0) is 17.1. The first-order chi connectivity index (χ1) is 9.92. The molecule has 3 amide bonds. The molecule has 0 aliphatic carbocycles. The lowest BCUT2D eigenvalue weighted by Crippen LogP contribution is -2.35. The van der Waals surface area contributed by atoms with Crippen molar-refractivity contribution in [3.05, 3.63) is 0 Å². The average Bonchev–Trinajstić information content (AvgIpc) is 2.56. The molecule has 124 valence electrons. The Morgan fingerprint density at radius 2 is 1.50 bits per heavy atom. The lowest BCUT2D eigenvalue weighted by Gasteiger charge is -2.33. The van der Waals surface area contributed by atoms with Gasteiger partial charge in [0.25, 0.3) is 11.8 Å². The van der Waals surface area contributed by atoms with Crippen molar-refractivity contribution < 1.29 is 24.0 Å². The van der Waals surface area contributed by atoms with Gasteiger partial charge >= 0.3 is 5.97 Å². The second kappa shape index (κ2) is 6.46. The van der Waals surface area contributed by atoms with Gasteiger partial charge in [0.05, 0.1) is 6.42 Å². The molecular weight excluding hydrogens is 288 g/mol. The average molecular weight is 312 g/mol. The Kier molecular flexibility index (Phi) is 5.32. The molecule has 1 fully saturated rings. The molecule has 7 heteroatoms. The summed E-state index contributed by atoms with van der Waals surface area (Å²) in [6, 6.07) is 0. The van der Waals surface area contributed by atoms with E-state index in [0.717, 1.165) is 0 Å². The van der Waals surface area contributed by atoms with Crippen LogP contribution >= 0.6 is 0 Å². The van der Waals surface area contributed by atoms with Gasteiger partial charge in [0.15, 0.2) is 0 Å². The Bertz CT molecular complexity index is 480. The molecule has 1 saturated heterocycles. The molecule has 1 rings (SSSR count). The highest BCUT2D eigenvalue weighted by molar-refractivity contribution is 6.01. The summed E-state index contributed by atoms with van der Waals surface area (Å²) >= 11 is 0. The lowest BCUT2D eigenvalue weighted by atomic mass is 9.72. The van der Waals surface area contributed by atoms with Crippen molar-refractivity contribution in [2.75, 3.05) is 0 Å². The SMILES string of the molecule is CC(C)(CC(N)=O)CC(C)(C)CC(=O)ON1C(=O)CCC1=O. The molecule has 0 saturated carbocycles. The molecule has 2 N–H and O–H groups in total. The summed E-state index contributed by atoms with van der Waals surface area (Å²) in [6.45, 7) is 7.53. The third kappa shape index (κ3) is 5.46. The monoisotopic (exact) mass is 312 g/mol. The number of hydrogen-bond acceptors (Lipinski definition) is 5. The van der Waals surface area contributed by atoms with E-state index in [9.17, 15) is 19.2 Å². The van der Waals surface area contributed by atoms with Gasteiger partial charge in [-0.25, -0.2) is 4.79 Å². The second-order valence-electron chi connectivity index (χ2n) is 7.37. The first-order valence-electron chi connectivity index (χ1n) is 7.27. The fourth-order valence-electron chi connectivity index (χ4n) is 3.07. The van der Waals surface area contributed by atoms with Gasteiger partial charge in [0.1, 0.15) is 0 Å². The van der Waals surface area contributed by atoms with Crippen LogP contribution < -0.4 is 5.73 Å². The van der Waals surface area contributed by atoms with Gasteiger partial charge in [-0.1, -0.05) is 27.7 Å². The van der Waals surface area contributed by atoms with E-state index in [2.05, 4.69) is 0 Å². The topological polar surface area (TPSA) is 107 Å². The Balaban J connectivity index is 2.60. The quantitative estimate of drug-likeness (QED) is 0.713. The van der Waals surface area contributed by atoms with Crippen LogP contribution in [-0.2, 0) is 24.0 Å². The number of carbonyl (C=O) groups excluding carboxylic acids is 4. The largest absolute Gasteiger partial charge is 0.370 e. The minimum Gasteiger partial charge on any atom is -0.370 e. The molecular formula is C15H24N2O5. The highest BCUT2D eigenvalue weighted by atomic mass is 16.7. The molecule has 22 heavy (non-hydrogen) atoms. The van der Waals surface area contributed by atoms with Crippen LogP contribution in [0.1, 0.15) is 59.8 Å². The van der Waals surface area contributed by atoms with Gasteiger partial charge < -0.3 is 10.6 Å². The number of nitrogens with zero attached hydrogens (tertiary/aromatic N) is 1. The first-order valence-corrected chi connectivity index (χ1v) is 7.27. The number of amides is 3. The van der Waals surface area contributed by atoms with Crippen molar-refractivity contribution in [2.24, 2.45) is 16.6 Å². The molecule has 0 spiro atoms. The predicted octanol–water partition coefficient (Wildman–Crippen LogP) is 1.30. The summed E-state index contributed by atoms with van der Waals surface area (Å²) in [5.41, 5.74) is 4.42. The Morgan fingerprint density at radius 3 is 1.95 bits per heavy atom. The van der Waals surface area contributed by atoms with Crippen molar-refractivity contribution in [1.29, 1.82) is 0 Å². The van der Waals surface area contributed by atoms with Crippen LogP contribution in [0.4, 0.5) is 0 Å². The summed E-state index contributed by atoms with van der Waals surface area (Å²) in [4.78, 5) is 50.7. The fraction of sp³-hybridized carbons (Fsp3) is 0.733. The van der Waals surface area contributed by atoms with Crippen LogP contribution in [0.3, 0.4) is 0 Å². The Morgan fingerprint density at radius 1 is 1.05 bits per heavy atom. The van der Waals surface area contributed by atoms with Crippen LogP contribution in [0.15, 0.2) is 0 Å². The molecule has 0 bridgehead atoms. The van der Waals surface area contributed by atoms with E-state index in [1.165, 1.54) is 0 Å². The van der Waals surface area contributed by atoms with Gasteiger partial charge in [-0.2, -0.15) is 0 Å². The van der Waals surface area contributed by atoms with E-state index in [-0.39, 0.29) is 31.1 Å². The van der Waals surface area contributed by atoms with E-state index in [0.29, 0.717) is 11.5 Å². The van der Waals surface area contributed by atoms with Crippen LogP contribution in [-0.4, -0.2) is 28.8 Å². The number of primary amides is 1. The summed E-state index contributed by atoms with van der Waals surface area (Å²) in [5.74, 6) is -2.02. The Labute approximate surface area is 130 Å². The van der Waals surface area contributed by atoms with Crippen LogP contribution in [0.2, 0.25) is 0 Å². The van der Waals surface area contributed by atoms with E-state index < -0.39 is 29.1 Å². The van der Waals surface area contributed by atoms with Crippen molar-refractivity contribution in [3.63, 3.8) is 0 Å². The summed E-state index contributed by atoms with van der Waals surface area (Å²) in [5, 5.41) is 0.549. The van der Waals surface area contributed by atoms with Crippen molar-refractivity contribution in [1.82, 2.24) is 5.06 Å². The number of carbonyl (C=O) groups is 4. The molecule has 1 heterocycles. The van der Waals surface area contributed by atoms with Gasteiger partial charge in [0, 0.05) is 19.3 Å². The lowest BCUT2D eigenvalue weighted by molar-refractivity contribution is -0.199. The van der Waals surface area contributed by atoms with E-state index >= 15 is 0 Å². The standard InChI is InChI=1S/C15H24N2O5/c1-14(2,7-10(16)18)9-15(3,4)8-13(21)22-17-11(19)5-6-12(17)20/h5-9H2,1-4H3,(H2,16,18). The third-order valence-corrected chi connectivity index (χ3v) is 3.43. The van der Waals surface area contributed by atoms with Crippen LogP contribution in [0, 0.1) is 10.8 Å². The Hall–Kier alpha value is -1.92. The second-order valence-corrected chi connectivity index (χ2v) is 7.37. The highest BCUT2D eigenvalue weighted by Gasteiger charge is 2.36. The first kappa shape index (κ1) is 18.1. The molecule has 0 unspecified atom stereocenters. The maximum atomic E-state index is 12.0. The molecule has 0 atom stereocenters. The number of rotatable bonds is 7. The van der Waals surface area contributed by atoms with Gasteiger partial charge in [0.2, 0.25) is 5.91 Å². The third-order valence-electron chi connectivity index (χ3n) is 3.43. The van der Waals surface area contributed by atoms with Gasteiger partial charge in [-0.15, -0.1) is 5.06 Å². The number of imide groups is 1. The molecule has 1 aliphatic rings. The normalized spacial score (nSPS) is 16.1. The minimum atomic E-state index is -0.636. The number of hydroxylamine groups is 2. The molecule has 1 aliphatic heterocycles. The molecule has 0 aromatic carbocycles. The summed E-state index contributed by atoms with van der Waals surface area (Å²) in [6.07, 6.45) is 0.961. The predicted molar refractivity (Wildman–Crippen MR) is 77.8 cm³/mol. The molecule has 0 aromatic heterocycles. The molecule has 7 nitrogen and oxygen atoms in total. The molecule has 0 radical (unpaired) electrons. The van der Waals surface area contributed by atoms with Crippen molar-refractivity contribution >= 4 is 23.7 Å². The van der Waals surface area contributed by atoms with E-state index in [4.69, 9.17) is 10.6 Å². The summed E-state index contributed by atoms with van der Waals surface area (Å²) < 4.78 is 0.